The largest absolute Gasteiger partial charge is 0.460 e. The van der Waals surface area contributed by atoms with Gasteiger partial charge in [-0.1, -0.05) is 0 Å². The van der Waals surface area contributed by atoms with E-state index in [0.29, 0.717) is 0 Å². The molecule has 0 saturated carbocycles. The number of nitrogens with one attached hydrogen (secondary N) is 1. The molecule has 1 fully saturated rings. The molecule has 2 heterocycles. The Balaban J connectivity index is 1.65. The van der Waals surface area contributed by atoms with E-state index in [2.05, 4.69) is 5.32 Å². The van der Waals surface area contributed by atoms with Gasteiger partial charge in [0, 0.05) is 35.8 Å². The molecule has 3 rings (SSSR count). The van der Waals surface area contributed by atoms with E-state index in [1.165, 1.54) is 29.4 Å². The number of carbonyl (C=O) groups excluding carboxylic acids is 3. The molecule has 178 valence electrons. The maximum absolute atomic E-state index is 14.1. The summed E-state index contributed by atoms with van der Waals surface area (Å²) in [5.41, 5.74) is 5.41. The van der Waals surface area contributed by atoms with E-state index in [9.17, 15) is 27.2 Å². The number of amides is 2. The first-order valence-electron chi connectivity index (χ1n) is 10.2. The highest BCUT2D eigenvalue weighted by molar-refractivity contribution is 7.89. The van der Waals surface area contributed by atoms with Crippen LogP contribution in [-0.2, 0) is 19.6 Å². The molecular weight excluding hydrogens is 457 g/mol. The number of carbonyl (C=O) groups is 3. The van der Waals surface area contributed by atoms with Crippen molar-refractivity contribution in [1.82, 2.24) is 4.31 Å². The number of furan rings is 1. The zero-order chi connectivity index (χ0) is 24.3. The Morgan fingerprint density at radius 1 is 1.24 bits per heavy atom. The summed E-state index contributed by atoms with van der Waals surface area (Å²) < 4.78 is 50.8. The highest BCUT2D eigenvalue weighted by atomic mass is 32.2. The summed E-state index contributed by atoms with van der Waals surface area (Å²) in [6.07, 6.45) is 0.432. The average molecular weight is 482 g/mol. The molecule has 12 heteroatoms. The van der Waals surface area contributed by atoms with E-state index in [0.717, 1.165) is 6.07 Å². The number of halogens is 1. The zero-order valence-corrected chi connectivity index (χ0v) is 18.9. The number of nitrogens with two attached hydrogens (primary N) is 1. The van der Waals surface area contributed by atoms with Gasteiger partial charge in [0.25, 0.3) is 10.0 Å². The Kier molecular flexibility index (Phi) is 7.18. The van der Waals surface area contributed by atoms with Gasteiger partial charge in [-0.25, -0.2) is 17.6 Å². The second kappa shape index (κ2) is 9.71. The minimum absolute atomic E-state index is 0.0462. The number of hydrogen-bond acceptors (Lipinski definition) is 7. The summed E-state index contributed by atoms with van der Waals surface area (Å²) in [4.78, 5) is 35.8. The molecule has 1 aliphatic rings. The molecule has 0 atom stereocenters. The van der Waals surface area contributed by atoms with E-state index in [1.54, 1.807) is 6.92 Å². The molecule has 0 aliphatic carbocycles. The molecule has 0 unspecified atom stereocenters. The van der Waals surface area contributed by atoms with Crippen LogP contribution in [0.25, 0.3) is 0 Å². The second-order valence-electron chi connectivity index (χ2n) is 7.50. The van der Waals surface area contributed by atoms with Gasteiger partial charge in [-0.3, -0.25) is 9.59 Å². The molecule has 2 amide bonds. The lowest BCUT2D eigenvalue weighted by Gasteiger charge is -2.30. The first kappa shape index (κ1) is 24.4. The Labute approximate surface area is 189 Å². The van der Waals surface area contributed by atoms with E-state index < -0.39 is 39.5 Å². The van der Waals surface area contributed by atoms with Crippen LogP contribution in [0.5, 0.6) is 0 Å². The number of primary amides is 1. The quantitative estimate of drug-likeness (QED) is 0.575. The van der Waals surface area contributed by atoms with E-state index in [1.807, 2.05) is 0 Å². The molecule has 33 heavy (non-hydrogen) atoms. The second-order valence-corrected chi connectivity index (χ2v) is 9.37. The lowest BCUT2D eigenvalue weighted by Crippen LogP contribution is -2.41. The van der Waals surface area contributed by atoms with Gasteiger partial charge in [0.15, 0.2) is 0 Å². The molecule has 0 bridgehead atoms. The first-order valence-corrected chi connectivity index (χ1v) is 11.7. The van der Waals surface area contributed by atoms with Gasteiger partial charge in [-0.05, 0) is 51.0 Å². The summed E-state index contributed by atoms with van der Waals surface area (Å²) in [5.74, 6) is -3.43. The third kappa shape index (κ3) is 5.22. The van der Waals surface area contributed by atoms with Gasteiger partial charge >= 0.3 is 5.97 Å². The van der Waals surface area contributed by atoms with Crippen LogP contribution in [0.2, 0.25) is 0 Å². The van der Waals surface area contributed by atoms with Gasteiger partial charge in [-0.15, -0.1) is 0 Å². The molecule has 3 N–H and O–H groups in total. The highest BCUT2D eigenvalue weighted by Crippen LogP contribution is 2.27. The number of ether oxygens (including phenoxy) is 1. The van der Waals surface area contributed by atoms with Crippen LogP contribution >= 0.6 is 0 Å². The molecule has 1 aromatic heterocycles. The predicted molar refractivity (Wildman–Crippen MR) is 114 cm³/mol. The minimum Gasteiger partial charge on any atom is -0.460 e. The molecule has 0 radical (unpaired) electrons. The normalized spacial score (nSPS) is 15.2. The molecule has 1 aliphatic heterocycles. The smallest absolute Gasteiger partial charge is 0.374 e. The lowest BCUT2D eigenvalue weighted by molar-refractivity contribution is -0.120. The van der Waals surface area contributed by atoms with Crippen LogP contribution < -0.4 is 11.1 Å². The number of sulfonamides is 1. The fourth-order valence-corrected chi connectivity index (χ4v) is 4.82. The van der Waals surface area contributed by atoms with Crippen molar-refractivity contribution in [1.29, 1.82) is 0 Å². The Bertz CT molecular complexity index is 1180. The summed E-state index contributed by atoms with van der Waals surface area (Å²) in [6.45, 7) is 3.29. The number of benzene rings is 1. The van der Waals surface area contributed by atoms with Crippen molar-refractivity contribution in [2.75, 3.05) is 25.0 Å². The lowest BCUT2D eigenvalue weighted by atomic mass is 9.97. The third-order valence-electron chi connectivity index (χ3n) is 5.36. The average Bonchev–Trinajstić information content (AvgIpc) is 3.28. The van der Waals surface area contributed by atoms with Crippen molar-refractivity contribution in [3.05, 3.63) is 47.0 Å². The Hall–Kier alpha value is -3.25. The SMILES string of the molecule is CCOC(=O)c1ccc(S(=O)(=O)N2CCC(C(=O)Nc3cc(C(N)=O)cc(F)c3C)CC2)o1. The third-order valence-corrected chi connectivity index (χ3v) is 7.14. The fourth-order valence-electron chi connectivity index (χ4n) is 3.44. The molecule has 0 spiro atoms. The minimum atomic E-state index is -4.00. The first-order chi connectivity index (χ1) is 15.5. The topological polar surface area (TPSA) is 149 Å². The van der Waals surface area contributed by atoms with Gasteiger partial charge < -0.3 is 20.2 Å². The highest BCUT2D eigenvalue weighted by Gasteiger charge is 2.34. The van der Waals surface area contributed by atoms with Gasteiger partial charge in [-0.2, -0.15) is 4.31 Å². The maximum Gasteiger partial charge on any atom is 0.374 e. The van der Waals surface area contributed by atoms with Crippen molar-refractivity contribution in [3.8, 4) is 0 Å². The maximum atomic E-state index is 14.1. The Morgan fingerprint density at radius 3 is 2.52 bits per heavy atom. The van der Waals surface area contributed by atoms with Gasteiger partial charge in [0.05, 0.1) is 6.61 Å². The number of rotatable bonds is 7. The van der Waals surface area contributed by atoms with Crippen LogP contribution in [0.1, 0.15) is 46.2 Å². The van der Waals surface area contributed by atoms with Crippen molar-refractivity contribution in [3.63, 3.8) is 0 Å². The molecular formula is C21H24FN3O7S. The van der Waals surface area contributed by atoms with Gasteiger partial charge in [0.2, 0.25) is 22.7 Å². The number of nitrogens with zero attached hydrogens (tertiary/aromatic N) is 1. The molecule has 1 aromatic carbocycles. The standard InChI is InChI=1S/C21H24FN3O7S/c1-3-31-21(28)17-4-5-18(32-17)33(29,30)25-8-6-13(7-9-25)20(27)24-16-11-14(19(23)26)10-15(22)12(16)2/h4-5,10-11,13H,3,6-9H2,1-2H3,(H2,23,26)(H,24,27). The van der Waals surface area contributed by atoms with Crippen LogP contribution in [-0.4, -0.2) is 50.2 Å². The van der Waals surface area contributed by atoms with Gasteiger partial charge in [0.1, 0.15) is 5.82 Å². The predicted octanol–water partition coefficient (Wildman–Crippen LogP) is 2.04. The van der Waals surface area contributed by atoms with Crippen LogP contribution in [0, 0.1) is 18.7 Å². The van der Waals surface area contributed by atoms with E-state index >= 15 is 0 Å². The number of piperidine rings is 1. The number of hydrogen-bond donors (Lipinski definition) is 2. The number of esters is 1. The van der Waals surface area contributed by atoms with Crippen molar-refractivity contribution >= 4 is 33.5 Å². The van der Waals surface area contributed by atoms with Crippen molar-refractivity contribution in [2.24, 2.45) is 11.7 Å². The summed E-state index contributed by atoms with van der Waals surface area (Å²) in [5, 5.41) is 2.22. The molecule has 1 saturated heterocycles. The van der Waals surface area contributed by atoms with E-state index in [4.69, 9.17) is 14.9 Å². The Morgan fingerprint density at radius 2 is 1.91 bits per heavy atom. The molecule has 2 aromatic rings. The zero-order valence-electron chi connectivity index (χ0n) is 18.1. The monoisotopic (exact) mass is 481 g/mol. The van der Waals surface area contributed by atoms with Crippen molar-refractivity contribution in [2.45, 2.75) is 31.8 Å². The van der Waals surface area contributed by atoms with E-state index in [-0.39, 0.29) is 60.2 Å². The summed E-state index contributed by atoms with van der Waals surface area (Å²) in [6, 6.07) is 4.71. The molecule has 10 nitrogen and oxygen atoms in total. The summed E-state index contributed by atoms with van der Waals surface area (Å²) >= 11 is 0. The van der Waals surface area contributed by atoms with Crippen LogP contribution in [0.15, 0.2) is 33.8 Å². The summed E-state index contributed by atoms with van der Waals surface area (Å²) in [7, 11) is -4.00. The number of anilines is 1. The fraction of sp³-hybridized carbons (Fsp3) is 0.381. The van der Waals surface area contributed by atoms with Crippen LogP contribution in [0.3, 0.4) is 0 Å². The van der Waals surface area contributed by atoms with Crippen molar-refractivity contribution < 1.29 is 36.3 Å². The van der Waals surface area contributed by atoms with Crippen LogP contribution in [0.4, 0.5) is 10.1 Å².